The van der Waals surface area contributed by atoms with E-state index in [0.717, 1.165) is 22.1 Å². The van der Waals surface area contributed by atoms with E-state index < -0.39 is 0 Å². The summed E-state index contributed by atoms with van der Waals surface area (Å²) in [6.07, 6.45) is 2.89. The van der Waals surface area contributed by atoms with Gasteiger partial charge in [-0.1, -0.05) is 22.8 Å². The molecule has 0 amide bonds. The fourth-order valence-electron chi connectivity index (χ4n) is 1.55. The van der Waals surface area contributed by atoms with Gasteiger partial charge >= 0.3 is 0 Å². The lowest BCUT2D eigenvalue weighted by atomic mass is 10.2. The number of thioether (sulfide) groups is 2. The Morgan fingerprint density at radius 2 is 2.30 bits per heavy atom. The van der Waals surface area contributed by atoms with E-state index >= 15 is 0 Å². The van der Waals surface area contributed by atoms with Gasteiger partial charge in [-0.15, -0.1) is 11.8 Å². The molecule has 7 heteroatoms. The number of benzene rings is 1. The average molecular weight is 330 g/mol. The highest BCUT2D eigenvalue weighted by molar-refractivity contribution is 7.98. The maximum absolute atomic E-state index is 5.99. The van der Waals surface area contributed by atoms with E-state index in [0.29, 0.717) is 17.5 Å². The van der Waals surface area contributed by atoms with Crippen molar-refractivity contribution in [3.05, 3.63) is 41.0 Å². The number of hydrogen-bond donors (Lipinski definition) is 1. The summed E-state index contributed by atoms with van der Waals surface area (Å²) >= 11 is 9.31. The minimum absolute atomic E-state index is 0.181. The van der Waals surface area contributed by atoms with Gasteiger partial charge in [0.2, 0.25) is 5.89 Å². The molecule has 108 valence electrons. The number of aromatic nitrogens is 2. The van der Waals surface area contributed by atoms with Crippen LogP contribution in [0.15, 0.2) is 33.7 Å². The number of halogens is 1. The van der Waals surface area contributed by atoms with Crippen molar-refractivity contribution in [3.63, 3.8) is 0 Å². The lowest BCUT2D eigenvalue weighted by molar-refractivity contribution is 0.350. The Labute approximate surface area is 131 Å². The Balaban J connectivity index is 1.89. The van der Waals surface area contributed by atoms with E-state index in [1.807, 2.05) is 30.5 Å². The molecule has 2 rings (SSSR count). The SMILES string of the molecule is CSCC[C@@H](N)c1nc(CSc2cccc(Cl)c2)no1. The standard InChI is InChI=1S/C13H16ClN3OS2/c1-19-6-5-11(15)13-16-12(17-18-13)8-20-10-4-2-3-9(14)7-10/h2-4,7,11H,5-6,8,15H2,1H3/t11-/m1/s1. The Hall–Kier alpha value is -0.690. The molecule has 20 heavy (non-hydrogen) atoms. The molecule has 4 nitrogen and oxygen atoms in total. The predicted octanol–water partition coefficient (Wildman–Crippen LogP) is 3.77. The second kappa shape index (κ2) is 7.93. The minimum atomic E-state index is -0.181. The summed E-state index contributed by atoms with van der Waals surface area (Å²) in [7, 11) is 0. The Kier molecular flexibility index (Phi) is 6.22. The van der Waals surface area contributed by atoms with Crippen LogP contribution in [-0.4, -0.2) is 22.1 Å². The third-order valence-electron chi connectivity index (χ3n) is 2.60. The van der Waals surface area contributed by atoms with Crippen LogP contribution in [0.4, 0.5) is 0 Å². The molecule has 1 aromatic heterocycles. The average Bonchev–Trinajstić information content (AvgIpc) is 2.91. The van der Waals surface area contributed by atoms with Gasteiger partial charge in [-0.05, 0) is 36.6 Å². The first-order valence-corrected chi connectivity index (χ1v) is 8.90. The van der Waals surface area contributed by atoms with Gasteiger partial charge < -0.3 is 10.3 Å². The lowest BCUT2D eigenvalue weighted by Gasteiger charge is -2.03. The van der Waals surface area contributed by atoms with Gasteiger partial charge in [0.05, 0.1) is 11.8 Å². The maximum Gasteiger partial charge on any atom is 0.243 e. The van der Waals surface area contributed by atoms with Gasteiger partial charge in [0.1, 0.15) is 0 Å². The molecule has 0 saturated heterocycles. The van der Waals surface area contributed by atoms with Crippen molar-refractivity contribution in [2.24, 2.45) is 5.73 Å². The number of nitrogens with zero attached hydrogens (tertiary/aromatic N) is 2. The Morgan fingerprint density at radius 3 is 3.05 bits per heavy atom. The van der Waals surface area contributed by atoms with E-state index in [9.17, 15) is 0 Å². The fourth-order valence-corrected chi connectivity index (χ4v) is 3.09. The van der Waals surface area contributed by atoms with Gasteiger partial charge in [0.15, 0.2) is 5.82 Å². The van der Waals surface area contributed by atoms with E-state index in [1.165, 1.54) is 0 Å². The molecule has 0 spiro atoms. The van der Waals surface area contributed by atoms with E-state index in [4.69, 9.17) is 21.9 Å². The smallest absolute Gasteiger partial charge is 0.243 e. The highest BCUT2D eigenvalue weighted by atomic mass is 35.5. The molecule has 1 heterocycles. The van der Waals surface area contributed by atoms with Gasteiger partial charge in [-0.25, -0.2) is 0 Å². The van der Waals surface area contributed by atoms with Crippen molar-refractivity contribution < 1.29 is 4.52 Å². The van der Waals surface area contributed by atoms with Gasteiger partial charge in [-0.2, -0.15) is 16.7 Å². The summed E-state index contributed by atoms with van der Waals surface area (Å²) in [4.78, 5) is 5.41. The second-order valence-corrected chi connectivity index (χ2v) is 6.65. The van der Waals surface area contributed by atoms with Crippen LogP contribution in [0.5, 0.6) is 0 Å². The lowest BCUT2D eigenvalue weighted by Crippen LogP contribution is -2.11. The van der Waals surface area contributed by atoms with E-state index in [-0.39, 0.29) is 6.04 Å². The maximum atomic E-state index is 5.99. The van der Waals surface area contributed by atoms with Crippen LogP contribution in [0, 0.1) is 0 Å². The van der Waals surface area contributed by atoms with Crippen LogP contribution >= 0.6 is 35.1 Å². The Morgan fingerprint density at radius 1 is 1.45 bits per heavy atom. The highest BCUT2D eigenvalue weighted by Crippen LogP contribution is 2.24. The van der Waals surface area contributed by atoms with Gasteiger partial charge in [0.25, 0.3) is 0 Å². The summed E-state index contributed by atoms with van der Waals surface area (Å²) in [5.74, 6) is 2.79. The summed E-state index contributed by atoms with van der Waals surface area (Å²) < 4.78 is 5.20. The zero-order chi connectivity index (χ0) is 14.4. The number of hydrogen-bond acceptors (Lipinski definition) is 6. The molecule has 0 aliphatic carbocycles. The quantitative estimate of drug-likeness (QED) is 0.780. The third-order valence-corrected chi connectivity index (χ3v) is 4.47. The van der Waals surface area contributed by atoms with Crippen molar-refractivity contribution in [3.8, 4) is 0 Å². The van der Waals surface area contributed by atoms with Crippen LogP contribution in [0.3, 0.4) is 0 Å². The summed E-state index contributed by atoms with van der Waals surface area (Å²) in [5, 5.41) is 4.68. The monoisotopic (exact) mass is 329 g/mol. The van der Waals surface area contributed by atoms with Crippen LogP contribution in [-0.2, 0) is 5.75 Å². The molecule has 0 aliphatic rings. The summed E-state index contributed by atoms with van der Waals surface area (Å²) in [6, 6.07) is 7.51. The molecule has 1 atom stereocenters. The molecule has 0 fully saturated rings. The van der Waals surface area contributed by atoms with Crippen LogP contribution in [0.2, 0.25) is 5.02 Å². The van der Waals surface area contributed by atoms with E-state index in [1.54, 1.807) is 23.5 Å². The fraction of sp³-hybridized carbons (Fsp3) is 0.385. The molecule has 0 radical (unpaired) electrons. The summed E-state index contributed by atoms with van der Waals surface area (Å²) in [6.45, 7) is 0. The second-order valence-electron chi connectivity index (χ2n) is 4.18. The molecule has 0 bridgehead atoms. The predicted molar refractivity (Wildman–Crippen MR) is 85.2 cm³/mol. The van der Waals surface area contributed by atoms with Crippen molar-refractivity contribution in [1.29, 1.82) is 0 Å². The molecule has 2 aromatic rings. The first-order chi connectivity index (χ1) is 9.69. The van der Waals surface area contributed by atoms with Crippen molar-refractivity contribution >= 4 is 35.1 Å². The highest BCUT2D eigenvalue weighted by Gasteiger charge is 2.14. The normalized spacial score (nSPS) is 12.6. The van der Waals surface area contributed by atoms with Crippen LogP contribution in [0.1, 0.15) is 24.2 Å². The van der Waals surface area contributed by atoms with Crippen molar-refractivity contribution in [2.75, 3.05) is 12.0 Å². The number of nitrogens with two attached hydrogens (primary N) is 1. The van der Waals surface area contributed by atoms with Crippen molar-refractivity contribution in [1.82, 2.24) is 10.1 Å². The molecule has 2 N–H and O–H groups in total. The van der Waals surface area contributed by atoms with Gasteiger partial charge in [-0.3, -0.25) is 0 Å². The zero-order valence-electron chi connectivity index (χ0n) is 11.1. The topological polar surface area (TPSA) is 64.9 Å². The van der Waals surface area contributed by atoms with Crippen LogP contribution < -0.4 is 5.73 Å². The minimum Gasteiger partial charge on any atom is -0.338 e. The van der Waals surface area contributed by atoms with Gasteiger partial charge in [0, 0.05) is 9.92 Å². The van der Waals surface area contributed by atoms with Crippen molar-refractivity contribution in [2.45, 2.75) is 23.1 Å². The van der Waals surface area contributed by atoms with E-state index in [2.05, 4.69) is 10.1 Å². The molecule has 0 unspecified atom stereocenters. The molecule has 0 saturated carbocycles. The number of rotatable bonds is 7. The zero-order valence-corrected chi connectivity index (χ0v) is 13.5. The molecule has 1 aromatic carbocycles. The first-order valence-electron chi connectivity index (χ1n) is 6.14. The largest absolute Gasteiger partial charge is 0.338 e. The molecular weight excluding hydrogens is 314 g/mol. The third kappa shape index (κ3) is 4.70. The molecular formula is C13H16ClN3OS2. The molecule has 0 aliphatic heterocycles. The van der Waals surface area contributed by atoms with Crippen LogP contribution in [0.25, 0.3) is 0 Å². The Bertz CT molecular complexity index is 550. The summed E-state index contributed by atoms with van der Waals surface area (Å²) in [5.41, 5.74) is 5.99. The first kappa shape index (κ1) is 15.7.